The summed E-state index contributed by atoms with van der Waals surface area (Å²) in [7, 11) is 0. The number of pyridine rings is 1. The normalized spacial score (nSPS) is 26.6. The van der Waals surface area contributed by atoms with Crippen molar-refractivity contribution < 1.29 is 4.74 Å². The van der Waals surface area contributed by atoms with Gasteiger partial charge in [0.05, 0.1) is 18.4 Å². The van der Waals surface area contributed by atoms with Crippen molar-refractivity contribution in [1.82, 2.24) is 9.97 Å². The van der Waals surface area contributed by atoms with Gasteiger partial charge in [0.15, 0.2) is 5.75 Å². The van der Waals surface area contributed by atoms with Crippen molar-refractivity contribution >= 4 is 16.7 Å². The lowest BCUT2D eigenvalue weighted by atomic mass is 9.85. The summed E-state index contributed by atoms with van der Waals surface area (Å²) in [6.45, 7) is 1.67. The molecule has 0 aromatic carbocycles. The lowest BCUT2D eigenvalue weighted by molar-refractivity contribution is 0.265. The molecule has 1 aliphatic carbocycles. The maximum absolute atomic E-state index is 5.91. The first-order valence-corrected chi connectivity index (χ1v) is 6.44. The van der Waals surface area contributed by atoms with Crippen LogP contribution in [-0.4, -0.2) is 35.2 Å². The smallest absolute Gasteiger partial charge is 0.161 e. The molecule has 18 heavy (non-hydrogen) atoms. The molecule has 2 aromatic rings. The highest BCUT2D eigenvalue weighted by molar-refractivity contribution is 5.93. The average molecular weight is 244 g/mol. The Morgan fingerprint density at radius 2 is 2.33 bits per heavy atom. The predicted molar refractivity (Wildman–Crippen MR) is 69.9 cm³/mol. The minimum Gasteiger partial charge on any atom is -0.488 e. The highest BCUT2D eigenvalue weighted by atomic mass is 16.5. The molecule has 1 saturated carbocycles. The Bertz CT molecular complexity index is 588. The van der Waals surface area contributed by atoms with Gasteiger partial charge >= 0.3 is 0 Å². The second kappa shape index (κ2) is 3.62. The van der Waals surface area contributed by atoms with Crippen LogP contribution in [0.15, 0.2) is 18.5 Å². The number of nitrogens with zero attached hydrogens (tertiary/aromatic N) is 2. The molecule has 0 spiro atoms. The number of ether oxygens (including phenoxy) is 1. The Balaban J connectivity index is 1.83. The maximum Gasteiger partial charge on any atom is 0.161 e. The number of fused-ring (bicyclic) bond motifs is 3. The highest BCUT2D eigenvalue weighted by Crippen LogP contribution is 2.41. The number of nitrogens with two attached hydrogens (primary N) is 1. The number of aromatic amines is 1. The van der Waals surface area contributed by atoms with E-state index in [1.807, 2.05) is 12.4 Å². The lowest BCUT2D eigenvalue weighted by Crippen LogP contribution is -2.53. The van der Waals surface area contributed by atoms with Gasteiger partial charge in [-0.2, -0.15) is 0 Å². The fraction of sp³-hybridized carbons (Fsp3) is 0.462. The Hall–Kier alpha value is -1.75. The third-order valence-electron chi connectivity index (χ3n) is 3.99. The summed E-state index contributed by atoms with van der Waals surface area (Å²) in [6.07, 6.45) is 5.90. The number of H-pyrrole nitrogens is 1. The highest BCUT2D eigenvalue weighted by Gasteiger charge is 2.35. The standard InChI is InChI=1S/C13H16N4O/c14-8-5-9(6-8)17-3-4-18-11-7-16-13-10(12(11)17)1-2-15-13/h1-2,7-9H,3-6,14H2,(H,15,16)/t8-,9+. The summed E-state index contributed by atoms with van der Waals surface area (Å²) in [5.74, 6) is 0.897. The zero-order valence-electron chi connectivity index (χ0n) is 10.1. The van der Waals surface area contributed by atoms with Gasteiger partial charge in [-0.3, -0.25) is 0 Å². The van der Waals surface area contributed by atoms with Crippen LogP contribution >= 0.6 is 0 Å². The van der Waals surface area contributed by atoms with Gasteiger partial charge in [-0.15, -0.1) is 0 Å². The number of aromatic nitrogens is 2. The zero-order chi connectivity index (χ0) is 12.1. The van der Waals surface area contributed by atoms with Crippen LogP contribution in [0.5, 0.6) is 5.75 Å². The second-order valence-electron chi connectivity index (χ2n) is 5.14. The Morgan fingerprint density at radius 1 is 1.44 bits per heavy atom. The van der Waals surface area contributed by atoms with E-state index in [0.29, 0.717) is 12.1 Å². The Morgan fingerprint density at radius 3 is 3.17 bits per heavy atom. The van der Waals surface area contributed by atoms with Crippen LogP contribution in [0.25, 0.3) is 11.0 Å². The molecule has 2 aromatic heterocycles. The molecule has 3 heterocycles. The summed E-state index contributed by atoms with van der Waals surface area (Å²) in [5.41, 5.74) is 8.02. The van der Waals surface area contributed by atoms with E-state index in [-0.39, 0.29) is 0 Å². The third kappa shape index (κ3) is 1.34. The molecule has 1 aliphatic heterocycles. The summed E-state index contributed by atoms with van der Waals surface area (Å²) in [6, 6.07) is 2.99. The molecule has 5 nitrogen and oxygen atoms in total. The fourth-order valence-electron chi connectivity index (χ4n) is 2.99. The number of hydrogen-bond donors (Lipinski definition) is 2. The lowest BCUT2D eigenvalue weighted by Gasteiger charge is -2.45. The molecule has 0 bridgehead atoms. The first-order valence-electron chi connectivity index (χ1n) is 6.44. The fourth-order valence-corrected chi connectivity index (χ4v) is 2.99. The monoisotopic (exact) mass is 244 g/mol. The van der Waals surface area contributed by atoms with Gasteiger partial charge in [-0.1, -0.05) is 0 Å². The van der Waals surface area contributed by atoms with E-state index in [4.69, 9.17) is 10.5 Å². The molecule has 0 unspecified atom stereocenters. The summed E-state index contributed by atoms with van der Waals surface area (Å²) in [5, 5.41) is 1.15. The molecule has 0 atom stereocenters. The maximum atomic E-state index is 5.91. The molecule has 1 fully saturated rings. The molecule has 4 rings (SSSR count). The van der Waals surface area contributed by atoms with Crippen molar-refractivity contribution in [2.45, 2.75) is 24.9 Å². The minimum absolute atomic E-state index is 0.366. The van der Waals surface area contributed by atoms with E-state index in [1.54, 1.807) is 0 Å². The first kappa shape index (κ1) is 10.2. The zero-order valence-corrected chi connectivity index (χ0v) is 10.1. The van der Waals surface area contributed by atoms with Gasteiger partial charge in [0.1, 0.15) is 12.3 Å². The number of rotatable bonds is 1. The van der Waals surface area contributed by atoms with Gasteiger partial charge < -0.3 is 20.4 Å². The van der Waals surface area contributed by atoms with Crippen molar-refractivity contribution in [3.8, 4) is 5.75 Å². The van der Waals surface area contributed by atoms with Crippen molar-refractivity contribution in [1.29, 1.82) is 0 Å². The van der Waals surface area contributed by atoms with E-state index >= 15 is 0 Å². The number of anilines is 1. The molecule has 94 valence electrons. The molecule has 3 N–H and O–H groups in total. The van der Waals surface area contributed by atoms with Crippen LogP contribution in [0.2, 0.25) is 0 Å². The van der Waals surface area contributed by atoms with Crippen molar-refractivity contribution in [2.75, 3.05) is 18.1 Å². The van der Waals surface area contributed by atoms with Gasteiger partial charge in [0.2, 0.25) is 0 Å². The molecule has 2 aliphatic rings. The molecule has 0 saturated heterocycles. The van der Waals surface area contributed by atoms with Crippen LogP contribution < -0.4 is 15.4 Å². The quantitative estimate of drug-likeness (QED) is 0.792. The van der Waals surface area contributed by atoms with Gasteiger partial charge in [0.25, 0.3) is 0 Å². The molecular formula is C13H16N4O. The van der Waals surface area contributed by atoms with Crippen molar-refractivity contribution in [3.05, 3.63) is 18.5 Å². The summed E-state index contributed by atoms with van der Waals surface area (Å²) in [4.78, 5) is 9.98. The molecule has 5 heteroatoms. The summed E-state index contributed by atoms with van der Waals surface area (Å²) < 4.78 is 5.73. The van der Waals surface area contributed by atoms with Gasteiger partial charge in [-0.25, -0.2) is 4.98 Å². The van der Waals surface area contributed by atoms with Crippen LogP contribution in [0.3, 0.4) is 0 Å². The van der Waals surface area contributed by atoms with E-state index in [2.05, 4.69) is 20.9 Å². The van der Waals surface area contributed by atoms with E-state index < -0.39 is 0 Å². The van der Waals surface area contributed by atoms with Crippen molar-refractivity contribution in [2.24, 2.45) is 5.73 Å². The van der Waals surface area contributed by atoms with Crippen LogP contribution in [0.1, 0.15) is 12.8 Å². The van der Waals surface area contributed by atoms with E-state index in [9.17, 15) is 0 Å². The minimum atomic E-state index is 0.366. The Kier molecular flexibility index (Phi) is 2.05. The van der Waals surface area contributed by atoms with Crippen LogP contribution in [0.4, 0.5) is 5.69 Å². The Labute approximate surface area is 105 Å². The van der Waals surface area contributed by atoms with Gasteiger partial charge in [0, 0.05) is 23.7 Å². The van der Waals surface area contributed by atoms with Crippen LogP contribution in [-0.2, 0) is 0 Å². The van der Waals surface area contributed by atoms with Gasteiger partial charge in [-0.05, 0) is 18.9 Å². The number of hydrogen-bond acceptors (Lipinski definition) is 4. The van der Waals surface area contributed by atoms with Crippen LogP contribution in [0, 0.1) is 0 Å². The molecule has 0 radical (unpaired) electrons. The third-order valence-corrected chi connectivity index (χ3v) is 3.99. The van der Waals surface area contributed by atoms with Crippen molar-refractivity contribution in [3.63, 3.8) is 0 Å². The number of nitrogens with one attached hydrogen (secondary N) is 1. The summed E-state index contributed by atoms with van der Waals surface area (Å²) >= 11 is 0. The predicted octanol–water partition coefficient (Wildman–Crippen LogP) is 1.25. The first-order chi connectivity index (χ1) is 8.83. The second-order valence-corrected chi connectivity index (χ2v) is 5.14. The average Bonchev–Trinajstić information content (AvgIpc) is 2.82. The topological polar surface area (TPSA) is 67.2 Å². The SMILES string of the molecule is N[C@H]1C[C@@H](N2CCOc3cnc4[nH]ccc4c32)C1. The largest absolute Gasteiger partial charge is 0.488 e. The molecular weight excluding hydrogens is 228 g/mol. The van der Waals surface area contributed by atoms with E-state index in [1.165, 1.54) is 5.69 Å². The van der Waals surface area contributed by atoms with E-state index in [0.717, 1.165) is 42.8 Å². The molecule has 0 amide bonds.